The van der Waals surface area contributed by atoms with Gasteiger partial charge in [-0.25, -0.2) is 4.98 Å². The Bertz CT molecular complexity index is 618. The van der Waals surface area contributed by atoms with Gasteiger partial charge in [-0.1, -0.05) is 39.8 Å². The van der Waals surface area contributed by atoms with Crippen LogP contribution in [0.4, 0.5) is 5.82 Å². The average molecular weight is 285 g/mol. The third-order valence-electron chi connectivity index (χ3n) is 3.16. The molecule has 0 radical (unpaired) electrons. The standard InChI is InChI=1S/C17H23N3O/c1-5-7-15-19-14(18)11-16(20-15)21-13-9-6-8-12(10-13)17(2,3)4/h6,8-11H,5,7H2,1-4H3,(H2,18,19,20). The molecule has 2 aromatic rings. The SMILES string of the molecule is CCCc1nc(N)cc(Oc2cccc(C(C)(C)C)c2)n1. The zero-order valence-corrected chi connectivity index (χ0v) is 13.2. The van der Waals surface area contributed by atoms with E-state index in [1.165, 1.54) is 5.56 Å². The van der Waals surface area contributed by atoms with Gasteiger partial charge in [-0.05, 0) is 29.5 Å². The summed E-state index contributed by atoms with van der Waals surface area (Å²) in [6, 6.07) is 9.71. The Labute approximate surface area is 126 Å². The van der Waals surface area contributed by atoms with Gasteiger partial charge < -0.3 is 10.5 Å². The van der Waals surface area contributed by atoms with Crippen molar-refractivity contribution in [1.29, 1.82) is 0 Å². The van der Waals surface area contributed by atoms with Crippen LogP contribution in [0.15, 0.2) is 30.3 Å². The molecule has 21 heavy (non-hydrogen) atoms. The molecule has 0 fully saturated rings. The molecule has 0 amide bonds. The number of rotatable bonds is 4. The second-order valence-corrected chi connectivity index (χ2v) is 6.18. The van der Waals surface area contributed by atoms with Crippen LogP contribution in [-0.4, -0.2) is 9.97 Å². The van der Waals surface area contributed by atoms with E-state index in [0.717, 1.165) is 24.4 Å². The number of nitrogens with two attached hydrogens (primary N) is 1. The number of benzene rings is 1. The van der Waals surface area contributed by atoms with Crippen LogP contribution in [0.5, 0.6) is 11.6 Å². The highest BCUT2D eigenvalue weighted by atomic mass is 16.5. The quantitative estimate of drug-likeness (QED) is 0.918. The second kappa shape index (κ2) is 6.12. The van der Waals surface area contributed by atoms with Gasteiger partial charge in [0, 0.05) is 12.5 Å². The highest BCUT2D eigenvalue weighted by molar-refractivity contribution is 5.38. The van der Waals surface area contributed by atoms with Gasteiger partial charge in [0.1, 0.15) is 17.4 Å². The van der Waals surface area contributed by atoms with E-state index in [-0.39, 0.29) is 5.41 Å². The summed E-state index contributed by atoms with van der Waals surface area (Å²) in [7, 11) is 0. The summed E-state index contributed by atoms with van der Waals surface area (Å²) in [6.07, 6.45) is 1.77. The molecule has 0 spiro atoms. The molecule has 0 aliphatic carbocycles. The van der Waals surface area contributed by atoms with Crippen LogP contribution in [0.1, 0.15) is 45.5 Å². The molecule has 112 valence electrons. The van der Waals surface area contributed by atoms with Gasteiger partial charge in [-0.3, -0.25) is 0 Å². The molecule has 1 heterocycles. The van der Waals surface area contributed by atoms with E-state index in [1.807, 2.05) is 18.2 Å². The third kappa shape index (κ3) is 4.18. The van der Waals surface area contributed by atoms with Crippen LogP contribution in [-0.2, 0) is 11.8 Å². The van der Waals surface area contributed by atoms with Crippen LogP contribution in [0.25, 0.3) is 0 Å². The zero-order chi connectivity index (χ0) is 15.5. The number of aromatic nitrogens is 2. The van der Waals surface area contributed by atoms with Gasteiger partial charge in [-0.2, -0.15) is 4.98 Å². The first-order valence-electron chi connectivity index (χ1n) is 7.30. The number of anilines is 1. The van der Waals surface area contributed by atoms with Crippen molar-refractivity contribution >= 4 is 5.82 Å². The van der Waals surface area contributed by atoms with Crippen molar-refractivity contribution in [2.45, 2.75) is 46.0 Å². The zero-order valence-electron chi connectivity index (χ0n) is 13.2. The van der Waals surface area contributed by atoms with Crippen molar-refractivity contribution in [3.8, 4) is 11.6 Å². The normalized spacial score (nSPS) is 11.4. The lowest BCUT2D eigenvalue weighted by Crippen LogP contribution is -2.10. The summed E-state index contributed by atoms with van der Waals surface area (Å²) >= 11 is 0. The van der Waals surface area contributed by atoms with Gasteiger partial charge >= 0.3 is 0 Å². The molecule has 2 N–H and O–H groups in total. The first kappa shape index (κ1) is 15.3. The van der Waals surface area contributed by atoms with Crippen molar-refractivity contribution in [2.24, 2.45) is 0 Å². The third-order valence-corrected chi connectivity index (χ3v) is 3.16. The van der Waals surface area contributed by atoms with E-state index < -0.39 is 0 Å². The molecule has 0 saturated heterocycles. The first-order chi connectivity index (χ1) is 9.88. The Morgan fingerprint density at radius 1 is 1.14 bits per heavy atom. The average Bonchev–Trinajstić information content (AvgIpc) is 2.37. The Balaban J connectivity index is 2.26. The summed E-state index contributed by atoms with van der Waals surface area (Å²) in [4.78, 5) is 8.61. The van der Waals surface area contributed by atoms with Gasteiger partial charge in [0.2, 0.25) is 5.88 Å². The fraction of sp³-hybridized carbons (Fsp3) is 0.412. The molecule has 0 saturated carbocycles. The van der Waals surface area contributed by atoms with Crippen molar-refractivity contribution in [3.05, 3.63) is 41.7 Å². The molecular weight excluding hydrogens is 262 g/mol. The largest absolute Gasteiger partial charge is 0.439 e. The first-order valence-corrected chi connectivity index (χ1v) is 7.30. The molecule has 0 atom stereocenters. The molecule has 0 unspecified atom stereocenters. The molecule has 1 aromatic heterocycles. The maximum Gasteiger partial charge on any atom is 0.224 e. The van der Waals surface area contributed by atoms with Crippen LogP contribution < -0.4 is 10.5 Å². The molecule has 2 rings (SSSR count). The van der Waals surface area contributed by atoms with Gasteiger partial charge in [-0.15, -0.1) is 0 Å². The van der Waals surface area contributed by atoms with E-state index in [0.29, 0.717) is 11.7 Å². The van der Waals surface area contributed by atoms with Crippen LogP contribution in [0, 0.1) is 0 Å². The number of nitrogen functional groups attached to an aromatic ring is 1. The lowest BCUT2D eigenvalue weighted by atomic mass is 9.87. The topological polar surface area (TPSA) is 61.0 Å². The van der Waals surface area contributed by atoms with E-state index in [4.69, 9.17) is 10.5 Å². The van der Waals surface area contributed by atoms with Gasteiger partial charge in [0.05, 0.1) is 0 Å². The molecular formula is C17H23N3O. The summed E-state index contributed by atoms with van der Waals surface area (Å²) < 4.78 is 5.85. The molecule has 0 aliphatic heterocycles. The van der Waals surface area contributed by atoms with Crippen molar-refractivity contribution < 1.29 is 4.74 Å². The Morgan fingerprint density at radius 2 is 1.90 bits per heavy atom. The maximum absolute atomic E-state index is 5.85. The Morgan fingerprint density at radius 3 is 2.57 bits per heavy atom. The Hall–Kier alpha value is -2.10. The number of ether oxygens (including phenoxy) is 1. The van der Waals surface area contributed by atoms with E-state index in [1.54, 1.807) is 6.07 Å². The lowest BCUT2D eigenvalue weighted by molar-refractivity contribution is 0.456. The maximum atomic E-state index is 5.85. The summed E-state index contributed by atoms with van der Waals surface area (Å²) in [6.45, 7) is 8.61. The Kier molecular flexibility index (Phi) is 4.46. The van der Waals surface area contributed by atoms with Crippen molar-refractivity contribution in [3.63, 3.8) is 0 Å². The van der Waals surface area contributed by atoms with E-state index in [9.17, 15) is 0 Å². The van der Waals surface area contributed by atoms with E-state index >= 15 is 0 Å². The van der Waals surface area contributed by atoms with E-state index in [2.05, 4.69) is 43.7 Å². The summed E-state index contributed by atoms with van der Waals surface area (Å²) in [5.41, 5.74) is 7.11. The minimum absolute atomic E-state index is 0.0808. The molecule has 1 aromatic carbocycles. The predicted octanol–water partition coefficient (Wildman–Crippen LogP) is 4.10. The second-order valence-electron chi connectivity index (χ2n) is 6.18. The molecule has 4 nitrogen and oxygen atoms in total. The highest BCUT2D eigenvalue weighted by Gasteiger charge is 2.14. The number of hydrogen-bond acceptors (Lipinski definition) is 4. The minimum Gasteiger partial charge on any atom is -0.439 e. The van der Waals surface area contributed by atoms with Crippen molar-refractivity contribution in [1.82, 2.24) is 9.97 Å². The number of hydrogen-bond donors (Lipinski definition) is 1. The molecule has 0 aliphatic rings. The van der Waals surface area contributed by atoms with Crippen LogP contribution in [0.2, 0.25) is 0 Å². The fourth-order valence-corrected chi connectivity index (χ4v) is 2.03. The van der Waals surface area contributed by atoms with Crippen LogP contribution in [0.3, 0.4) is 0 Å². The lowest BCUT2D eigenvalue weighted by Gasteiger charge is -2.19. The predicted molar refractivity (Wildman–Crippen MR) is 85.7 cm³/mol. The summed E-state index contributed by atoms with van der Waals surface area (Å²) in [5.74, 6) is 2.43. The smallest absolute Gasteiger partial charge is 0.224 e. The van der Waals surface area contributed by atoms with Crippen LogP contribution >= 0.6 is 0 Å². The number of aryl methyl sites for hydroxylation is 1. The van der Waals surface area contributed by atoms with Gasteiger partial charge in [0.25, 0.3) is 0 Å². The van der Waals surface area contributed by atoms with Gasteiger partial charge in [0.15, 0.2) is 0 Å². The van der Waals surface area contributed by atoms with Crippen molar-refractivity contribution in [2.75, 3.05) is 5.73 Å². The molecule has 4 heteroatoms. The minimum atomic E-state index is 0.0808. The molecule has 0 bridgehead atoms. The highest BCUT2D eigenvalue weighted by Crippen LogP contribution is 2.28. The summed E-state index contributed by atoms with van der Waals surface area (Å²) in [5, 5.41) is 0. The number of nitrogens with zero attached hydrogens (tertiary/aromatic N) is 2. The fourth-order valence-electron chi connectivity index (χ4n) is 2.03. The monoisotopic (exact) mass is 285 g/mol.